The van der Waals surface area contributed by atoms with Crippen LogP contribution in [-0.4, -0.2) is 38.2 Å². The third kappa shape index (κ3) is 6.55. The molecule has 1 aliphatic carbocycles. The molecule has 0 unspecified atom stereocenters. The molecule has 1 heterocycles. The van der Waals surface area contributed by atoms with Crippen molar-refractivity contribution in [2.45, 2.75) is 25.9 Å². The molecule has 204 valence electrons. The van der Waals surface area contributed by atoms with Crippen molar-refractivity contribution in [3.8, 4) is 11.5 Å². The summed E-state index contributed by atoms with van der Waals surface area (Å²) < 4.78 is 16.8. The van der Waals surface area contributed by atoms with Crippen molar-refractivity contribution in [2.75, 3.05) is 19.5 Å². The van der Waals surface area contributed by atoms with E-state index in [0.29, 0.717) is 42.7 Å². The van der Waals surface area contributed by atoms with Crippen molar-refractivity contribution in [1.29, 1.82) is 0 Å². The van der Waals surface area contributed by atoms with Gasteiger partial charge in [0, 0.05) is 20.5 Å². The van der Waals surface area contributed by atoms with Crippen LogP contribution in [0.3, 0.4) is 0 Å². The first-order valence-electron chi connectivity index (χ1n) is 11.5. The van der Waals surface area contributed by atoms with Crippen LogP contribution in [0.15, 0.2) is 39.9 Å². The number of thiophene rings is 1. The van der Waals surface area contributed by atoms with Gasteiger partial charge >= 0.3 is 17.8 Å². The first-order chi connectivity index (χ1) is 18.7. The highest BCUT2D eigenvalue weighted by Gasteiger charge is 2.29. The van der Waals surface area contributed by atoms with E-state index in [1.54, 1.807) is 30.3 Å². The summed E-state index contributed by atoms with van der Waals surface area (Å²) in [4.78, 5) is 38.1. The zero-order valence-corrected chi connectivity index (χ0v) is 24.6. The lowest BCUT2D eigenvalue weighted by Crippen LogP contribution is -2.32. The monoisotopic (exact) mass is 653 g/mol. The van der Waals surface area contributed by atoms with E-state index >= 15 is 0 Å². The molecule has 13 heteroatoms. The molecule has 9 nitrogen and oxygen atoms in total. The average molecular weight is 655 g/mol. The van der Waals surface area contributed by atoms with E-state index in [4.69, 9.17) is 37.4 Å². The lowest BCUT2D eigenvalue weighted by molar-refractivity contribution is -0.136. The van der Waals surface area contributed by atoms with Gasteiger partial charge in [-0.2, -0.15) is 5.10 Å². The maximum absolute atomic E-state index is 12.5. The smallest absolute Gasteiger partial charge is 0.341 e. The van der Waals surface area contributed by atoms with E-state index in [2.05, 4.69) is 31.8 Å². The number of methoxy groups -OCH3 is 2. The Kier molecular flexibility index (Phi) is 9.49. The van der Waals surface area contributed by atoms with Crippen LogP contribution in [0.25, 0.3) is 0 Å². The molecule has 1 aliphatic rings. The molecule has 0 aliphatic heterocycles. The minimum absolute atomic E-state index is 0.108. The SMILES string of the molecule is COC(=O)c1c(NC(=O)C(=O)N/N=C/c2cc(Br)c(OCc3c(Cl)cccc3Cl)c(OC)c2)sc2c1CCC2. The second-order valence-electron chi connectivity index (χ2n) is 8.23. The largest absolute Gasteiger partial charge is 0.493 e. The van der Waals surface area contributed by atoms with Gasteiger partial charge in [-0.1, -0.05) is 29.3 Å². The van der Waals surface area contributed by atoms with E-state index < -0.39 is 17.8 Å². The fourth-order valence-electron chi connectivity index (χ4n) is 3.96. The van der Waals surface area contributed by atoms with Gasteiger partial charge in [-0.05, 0) is 70.6 Å². The lowest BCUT2D eigenvalue weighted by atomic mass is 10.1. The molecule has 0 fully saturated rings. The zero-order valence-electron chi connectivity index (χ0n) is 20.7. The Balaban J connectivity index is 1.41. The quantitative estimate of drug-likeness (QED) is 0.138. The van der Waals surface area contributed by atoms with Crippen LogP contribution in [0.5, 0.6) is 11.5 Å². The molecule has 2 amide bonds. The first-order valence-corrected chi connectivity index (χ1v) is 13.9. The molecule has 0 radical (unpaired) electrons. The summed E-state index contributed by atoms with van der Waals surface area (Å²) in [6.07, 6.45) is 3.80. The number of fused-ring (bicyclic) bond motifs is 1. The summed E-state index contributed by atoms with van der Waals surface area (Å²) in [5, 5.41) is 7.61. The first kappa shape index (κ1) is 28.9. The van der Waals surface area contributed by atoms with Gasteiger partial charge in [0.15, 0.2) is 11.5 Å². The number of benzene rings is 2. The number of carbonyl (C=O) groups excluding carboxylic acids is 3. The number of ether oxygens (including phenoxy) is 3. The Morgan fingerprint density at radius 2 is 1.87 bits per heavy atom. The molecule has 3 aromatic rings. The van der Waals surface area contributed by atoms with Gasteiger partial charge in [0.1, 0.15) is 11.6 Å². The highest BCUT2D eigenvalue weighted by Crippen LogP contribution is 2.40. The minimum atomic E-state index is -1.00. The van der Waals surface area contributed by atoms with E-state index in [0.717, 1.165) is 29.7 Å². The van der Waals surface area contributed by atoms with Crippen molar-refractivity contribution in [3.63, 3.8) is 0 Å². The lowest BCUT2D eigenvalue weighted by Gasteiger charge is -2.14. The predicted molar refractivity (Wildman–Crippen MR) is 154 cm³/mol. The summed E-state index contributed by atoms with van der Waals surface area (Å²) in [7, 11) is 2.75. The van der Waals surface area contributed by atoms with Crippen molar-refractivity contribution in [3.05, 3.63) is 72.0 Å². The highest BCUT2D eigenvalue weighted by molar-refractivity contribution is 9.10. The second kappa shape index (κ2) is 12.8. The van der Waals surface area contributed by atoms with Gasteiger partial charge in [-0.25, -0.2) is 10.2 Å². The van der Waals surface area contributed by atoms with Crippen molar-refractivity contribution in [2.24, 2.45) is 5.10 Å². The predicted octanol–water partition coefficient (Wildman–Crippen LogP) is 5.77. The number of hydrogen-bond donors (Lipinski definition) is 2. The number of nitrogens with one attached hydrogen (secondary N) is 2. The van der Waals surface area contributed by atoms with Gasteiger partial charge in [0.05, 0.1) is 30.5 Å². The number of anilines is 1. The number of amides is 2. The second-order valence-corrected chi connectivity index (χ2v) is 11.0. The van der Waals surface area contributed by atoms with Gasteiger partial charge in [0.2, 0.25) is 0 Å². The Morgan fingerprint density at radius 1 is 1.13 bits per heavy atom. The maximum Gasteiger partial charge on any atom is 0.341 e. The fourth-order valence-corrected chi connectivity index (χ4v) is 6.31. The van der Waals surface area contributed by atoms with Crippen LogP contribution < -0.4 is 20.2 Å². The van der Waals surface area contributed by atoms with Crippen molar-refractivity contribution < 1.29 is 28.6 Å². The molecular weight excluding hydrogens is 633 g/mol. The Morgan fingerprint density at radius 3 is 2.56 bits per heavy atom. The third-order valence-corrected chi connectivity index (χ3v) is 8.30. The number of carbonyl (C=O) groups is 3. The van der Waals surface area contributed by atoms with Gasteiger partial charge in [-0.15, -0.1) is 11.3 Å². The number of rotatable bonds is 8. The van der Waals surface area contributed by atoms with Crippen LogP contribution >= 0.6 is 50.5 Å². The van der Waals surface area contributed by atoms with E-state index in [9.17, 15) is 14.4 Å². The van der Waals surface area contributed by atoms with Crippen LogP contribution in [0.2, 0.25) is 10.0 Å². The van der Waals surface area contributed by atoms with Gasteiger partial charge in [-0.3, -0.25) is 9.59 Å². The standard InChI is InChI=1S/C26H22BrCl2N3O6S/c1-36-19-10-13(9-16(27)22(19)38-12-15-17(28)6-4-7-18(15)29)11-30-32-24(34)23(33)31-25-21(26(35)37-2)14-5-3-8-20(14)39-25/h4,6-7,9-11H,3,5,8,12H2,1-2H3,(H,31,33)(H,32,34)/b30-11+. The summed E-state index contributed by atoms with van der Waals surface area (Å²) in [5.41, 5.74) is 4.53. The Hall–Kier alpha value is -3.12. The normalized spacial score (nSPS) is 12.2. The van der Waals surface area contributed by atoms with Crippen LogP contribution in [-0.2, 0) is 33.8 Å². The van der Waals surface area contributed by atoms with E-state index in [1.807, 2.05) is 0 Å². The number of halogens is 3. The number of aryl methyl sites for hydroxylation is 1. The number of hydrogen-bond acceptors (Lipinski definition) is 8. The fraction of sp³-hybridized carbons (Fsp3) is 0.231. The molecule has 2 N–H and O–H groups in total. The average Bonchev–Trinajstić information content (AvgIpc) is 3.49. The topological polar surface area (TPSA) is 115 Å². The molecule has 0 spiro atoms. The molecule has 39 heavy (non-hydrogen) atoms. The van der Waals surface area contributed by atoms with E-state index in [1.165, 1.54) is 31.8 Å². The van der Waals surface area contributed by atoms with Gasteiger partial charge < -0.3 is 19.5 Å². The van der Waals surface area contributed by atoms with E-state index in [-0.39, 0.29) is 11.6 Å². The third-order valence-electron chi connectivity index (χ3n) is 5.80. The summed E-state index contributed by atoms with van der Waals surface area (Å²) in [5.74, 6) is -1.71. The molecule has 0 bridgehead atoms. The van der Waals surface area contributed by atoms with Crippen LogP contribution in [0.4, 0.5) is 5.00 Å². The molecular formula is C26H22BrCl2N3O6S. The number of esters is 1. The Labute approximate surface area is 246 Å². The zero-order chi connectivity index (χ0) is 28.1. The summed E-state index contributed by atoms with van der Waals surface area (Å²) in [6, 6.07) is 8.51. The molecule has 4 rings (SSSR count). The molecule has 0 atom stereocenters. The van der Waals surface area contributed by atoms with Crippen LogP contribution in [0, 0.1) is 0 Å². The molecule has 1 aromatic heterocycles. The highest BCUT2D eigenvalue weighted by atomic mass is 79.9. The van der Waals surface area contributed by atoms with Gasteiger partial charge in [0.25, 0.3) is 0 Å². The summed E-state index contributed by atoms with van der Waals surface area (Å²) >= 11 is 17.2. The summed E-state index contributed by atoms with van der Waals surface area (Å²) in [6.45, 7) is 0.108. The Bertz CT molecular complexity index is 1460. The minimum Gasteiger partial charge on any atom is -0.493 e. The molecule has 0 saturated heterocycles. The van der Waals surface area contributed by atoms with Crippen LogP contribution in [0.1, 0.15) is 38.3 Å². The molecule has 0 saturated carbocycles. The number of nitrogens with zero attached hydrogens (tertiary/aromatic N) is 1. The van der Waals surface area contributed by atoms with Crippen molar-refractivity contribution in [1.82, 2.24) is 5.43 Å². The number of hydrazone groups is 1. The van der Waals surface area contributed by atoms with Crippen molar-refractivity contribution >= 4 is 79.5 Å². The maximum atomic E-state index is 12.5. The molecule has 2 aromatic carbocycles.